The number of fused-ring (bicyclic) bond motifs is 1. The molecule has 1 amide bonds. The molecule has 122 valence electrons. The number of anilines is 2. The number of para-hydroxylation sites is 1. The number of rotatable bonds is 2. The van der Waals surface area contributed by atoms with E-state index in [1.807, 2.05) is 37.4 Å². The Labute approximate surface area is 142 Å². The molecule has 0 spiro atoms. The van der Waals surface area contributed by atoms with E-state index >= 15 is 0 Å². The van der Waals surface area contributed by atoms with Crippen molar-refractivity contribution >= 4 is 28.9 Å². The number of likely N-dealkylation sites (N-methyl/N-ethyl adjacent to an activating group) is 1. The quantitative estimate of drug-likeness (QED) is 0.797. The van der Waals surface area contributed by atoms with Gasteiger partial charge in [0.1, 0.15) is 0 Å². The van der Waals surface area contributed by atoms with Crippen molar-refractivity contribution in [1.29, 1.82) is 0 Å². The van der Waals surface area contributed by atoms with Crippen LogP contribution in [-0.4, -0.2) is 39.3 Å². The van der Waals surface area contributed by atoms with Crippen molar-refractivity contribution in [3.05, 3.63) is 59.7 Å². The normalized spacial score (nSPS) is 19.0. The Morgan fingerprint density at radius 3 is 2.46 bits per heavy atom. The van der Waals surface area contributed by atoms with Gasteiger partial charge in [0, 0.05) is 37.0 Å². The number of ether oxygens (including phenoxy) is 1. The summed E-state index contributed by atoms with van der Waals surface area (Å²) in [5.74, 6) is 0.0495. The van der Waals surface area contributed by atoms with Gasteiger partial charge >= 0.3 is 0 Å². The summed E-state index contributed by atoms with van der Waals surface area (Å²) >= 11 is 0. The Bertz CT molecular complexity index is 790. The lowest BCUT2D eigenvalue weighted by atomic mass is 10.0. The van der Waals surface area contributed by atoms with Crippen molar-refractivity contribution in [2.24, 2.45) is 0 Å². The van der Waals surface area contributed by atoms with Gasteiger partial charge in [-0.2, -0.15) is 0 Å². The van der Waals surface area contributed by atoms with Gasteiger partial charge in [0.05, 0.1) is 18.9 Å². The summed E-state index contributed by atoms with van der Waals surface area (Å²) in [4.78, 5) is 16.6. The summed E-state index contributed by atoms with van der Waals surface area (Å²) in [6, 6.07) is 16.3. The van der Waals surface area contributed by atoms with Gasteiger partial charge in [-0.25, -0.2) is 0 Å². The largest absolute Gasteiger partial charge is 0.378 e. The number of carbonyl (C=O) groups excluding carboxylic acids is 1. The fourth-order valence-corrected chi connectivity index (χ4v) is 3.31. The van der Waals surface area contributed by atoms with Gasteiger partial charge in [0.15, 0.2) is 0 Å². The molecule has 0 aromatic heterocycles. The van der Waals surface area contributed by atoms with Gasteiger partial charge in [-0.3, -0.25) is 4.79 Å². The standard InChI is InChI=1S/C20H20N2O2/c1-21-19-5-3-2-4-17(19)18(20(21)23)14-15-6-8-16(9-7-15)22-10-12-24-13-11-22/h2-9,14H,10-13H2,1H3/b18-14+. The maximum absolute atomic E-state index is 12.5. The zero-order valence-electron chi connectivity index (χ0n) is 13.7. The third-order valence-electron chi connectivity index (χ3n) is 4.67. The molecule has 2 heterocycles. The Morgan fingerprint density at radius 2 is 1.71 bits per heavy atom. The third-order valence-corrected chi connectivity index (χ3v) is 4.67. The monoisotopic (exact) mass is 320 g/mol. The summed E-state index contributed by atoms with van der Waals surface area (Å²) in [6.07, 6.45) is 1.98. The fourth-order valence-electron chi connectivity index (χ4n) is 3.31. The van der Waals surface area contributed by atoms with Crippen LogP contribution in [0.1, 0.15) is 11.1 Å². The maximum Gasteiger partial charge on any atom is 0.258 e. The third kappa shape index (κ3) is 2.59. The summed E-state index contributed by atoms with van der Waals surface area (Å²) in [7, 11) is 1.82. The molecule has 1 saturated heterocycles. The highest BCUT2D eigenvalue weighted by atomic mass is 16.5. The molecule has 0 saturated carbocycles. The number of benzene rings is 2. The number of hydrogen-bond donors (Lipinski definition) is 0. The van der Waals surface area contributed by atoms with Crippen molar-refractivity contribution in [3.8, 4) is 0 Å². The molecule has 0 bridgehead atoms. The molecule has 0 unspecified atom stereocenters. The highest BCUT2D eigenvalue weighted by molar-refractivity contribution is 6.35. The summed E-state index contributed by atoms with van der Waals surface area (Å²) in [5, 5.41) is 0. The predicted octanol–water partition coefficient (Wildman–Crippen LogP) is 3.04. The SMILES string of the molecule is CN1C(=O)/C(=C/c2ccc(N3CCOCC3)cc2)c2ccccc21. The Morgan fingerprint density at radius 1 is 1.00 bits per heavy atom. The van der Waals surface area contributed by atoms with E-state index < -0.39 is 0 Å². The zero-order chi connectivity index (χ0) is 16.5. The van der Waals surface area contributed by atoms with E-state index in [-0.39, 0.29) is 5.91 Å². The molecule has 2 aromatic rings. The molecule has 0 N–H and O–H groups in total. The van der Waals surface area contributed by atoms with E-state index in [9.17, 15) is 4.79 Å². The van der Waals surface area contributed by atoms with E-state index in [4.69, 9.17) is 4.74 Å². The Balaban J connectivity index is 1.63. The minimum Gasteiger partial charge on any atom is -0.378 e. The van der Waals surface area contributed by atoms with Gasteiger partial charge in [0.25, 0.3) is 5.91 Å². The second kappa shape index (κ2) is 6.13. The molecule has 2 aromatic carbocycles. The molecule has 4 rings (SSSR count). The Kier molecular flexibility index (Phi) is 3.82. The van der Waals surface area contributed by atoms with Crippen LogP contribution < -0.4 is 9.80 Å². The first-order valence-corrected chi connectivity index (χ1v) is 8.26. The number of amides is 1. The molecule has 0 atom stereocenters. The molecule has 2 aliphatic rings. The van der Waals surface area contributed by atoms with Gasteiger partial charge in [-0.15, -0.1) is 0 Å². The van der Waals surface area contributed by atoms with Gasteiger partial charge in [-0.05, 0) is 29.8 Å². The van der Waals surface area contributed by atoms with Crippen molar-refractivity contribution in [3.63, 3.8) is 0 Å². The fraction of sp³-hybridized carbons (Fsp3) is 0.250. The molecule has 1 fully saturated rings. The predicted molar refractivity (Wildman–Crippen MR) is 97.2 cm³/mol. The molecule has 4 nitrogen and oxygen atoms in total. The summed E-state index contributed by atoms with van der Waals surface area (Å²) in [6.45, 7) is 3.42. The highest BCUT2D eigenvalue weighted by Gasteiger charge is 2.28. The maximum atomic E-state index is 12.5. The highest BCUT2D eigenvalue weighted by Crippen LogP contribution is 2.36. The summed E-state index contributed by atoms with van der Waals surface area (Å²) < 4.78 is 5.40. The first-order valence-electron chi connectivity index (χ1n) is 8.26. The second-order valence-corrected chi connectivity index (χ2v) is 6.13. The number of carbonyl (C=O) groups is 1. The molecular formula is C20H20N2O2. The van der Waals surface area contributed by atoms with E-state index in [0.717, 1.165) is 48.7 Å². The van der Waals surface area contributed by atoms with Crippen LogP contribution in [0.4, 0.5) is 11.4 Å². The molecule has 24 heavy (non-hydrogen) atoms. The average molecular weight is 320 g/mol. The minimum atomic E-state index is 0.0495. The molecule has 2 aliphatic heterocycles. The van der Waals surface area contributed by atoms with Crippen LogP contribution in [0.3, 0.4) is 0 Å². The van der Waals surface area contributed by atoms with Crippen LogP contribution >= 0.6 is 0 Å². The molecule has 0 radical (unpaired) electrons. The zero-order valence-corrected chi connectivity index (χ0v) is 13.7. The topological polar surface area (TPSA) is 32.8 Å². The van der Waals surface area contributed by atoms with Crippen LogP contribution in [0.15, 0.2) is 48.5 Å². The first kappa shape index (κ1) is 15.0. The van der Waals surface area contributed by atoms with Crippen LogP contribution in [-0.2, 0) is 9.53 Å². The van der Waals surface area contributed by atoms with Crippen molar-refractivity contribution < 1.29 is 9.53 Å². The summed E-state index contributed by atoms with van der Waals surface area (Å²) in [5.41, 5.74) is 4.98. The smallest absolute Gasteiger partial charge is 0.258 e. The number of nitrogens with zero attached hydrogens (tertiary/aromatic N) is 2. The van der Waals surface area contributed by atoms with E-state index in [2.05, 4.69) is 29.2 Å². The van der Waals surface area contributed by atoms with Crippen LogP contribution in [0.5, 0.6) is 0 Å². The number of hydrogen-bond acceptors (Lipinski definition) is 3. The van der Waals surface area contributed by atoms with Crippen LogP contribution in [0, 0.1) is 0 Å². The lowest BCUT2D eigenvalue weighted by Gasteiger charge is -2.28. The first-order chi connectivity index (χ1) is 11.7. The average Bonchev–Trinajstić information content (AvgIpc) is 2.88. The minimum absolute atomic E-state index is 0.0495. The van der Waals surface area contributed by atoms with Crippen molar-refractivity contribution in [2.45, 2.75) is 0 Å². The van der Waals surface area contributed by atoms with E-state index in [0.29, 0.717) is 0 Å². The molecule has 0 aliphatic carbocycles. The van der Waals surface area contributed by atoms with Gasteiger partial charge in [-0.1, -0.05) is 30.3 Å². The van der Waals surface area contributed by atoms with Crippen molar-refractivity contribution in [1.82, 2.24) is 0 Å². The van der Waals surface area contributed by atoms with Crippen molar-refractivity contribution in [2.75, 3.05) is 43.2 Å². The van der Waals surface area contributed by atoms with Gasteiger partial charge in [0.2, 0.25) is 0 Å². The molecule has 4 heteroatoms. The lowest BCUT2D eigenvalue weighted by Crippen LogP contribution is -2.36. The van der Waals surface area contributed by atoms with Crippen LogP contribution in [0.25, 0.3) is 11.6 Å². The van der Waals surface area contributed by atoms with Crippen LogP contribution in [0.2, 0.25) is 0 Å². The lowest BCUT2D eigenvalue weighted by molar-refractivity contribution is -0.112. The molecular weight excluding hydrogens is 300 g/mol. The van der Waals surface area contributed by atoms with Gasteiger partial charge < -0.3 is 14.5 Å². The Hall–Kier alpha value is -2.59. The number of morpholine rings is 1. The van der Waals surface area contributed by atoms with E-state index in [1.165, 1.54) is 5.69 Å². The second-order valence-electron chi connectivity index (χ2n) is 6.13. The van der Waals surface area contributed by atoms with E-state index in [1.54, 1.807) is 4.90 Å².